The van der Waals surface area contributed by atoms with Crippen LogP contribution in [0.1, 0.15) is 56.9 Å². The summed E-state index contributed by atoms with van der Waals surface area (Å²) in [6, 6.07) is 11.8. The van der Waals surface area contributed by atoms with Crippen molar-refractivity contribution in [2.24, 2.45) is 5.41 Å². The van der Waals surface area contributed by atoms with Crippen LogP contribution < -0.4 is 5.32 Å². The Bertz CT molecular complexity index is 693. The fraction of sp³-hybridized carbons (Fsp3) is 0.652. The average Bonchev–Trinajstić information content (AvgIpc) is 3.54. The van der Waals surface area contributed by atoms with Gasteiger partial charge in [0.05, 0.1) is 0 Å². The van der Waals surface area contributed by atoms with Gasteiger partial charge in [0.1, 0.15) is 0 Å². The van der Waals surface area contributed by atoms with Crippen molar-refractivity contribution in [2.75, 3.05) is 32.7 Å². The number of likely N-dealkylation sites (tertiary alicyclic amines) is 2. The summed E-state index contributed by atoms with van der Waals surface area (Å²) in [4.78, 5) is 28.2. The lowest BCUT2D eigenvalue weighted by molar-refractivity contribution is -0.134. The SMILES string of the molecule is CC(=O)NCCC(=O)N1CCC2(CC1)C[C@@H](c1ccccc1)CN(C1CC1)C2. The van der Waals surface area contributed by atoms with Gasteiger partial charge in [0.15, 0.2) is 0 Å². The summed E-state index contributed by atoms with van der Waals surface area (Å²) in [5.41, 5.74) is 1.82. The highest BCUT2D eigenvalue weighted by Gasteiger charge is 2.45. The first-order valence-corrected chi connectivity index (χ1v) is 10.9. The van der Waals surface area contributed by atoms with Crippen LogP contribution in [-0.4, -0.2) is 60.4 Å². The summed E-state index contributed by atoms with van der Waals surface area (Å²) >= 11 is 0. The molecule has 1 aromatic rings. The monoisotopic (exact) mass is 383 g/mol. The van der Waals surface area contributed by atoms with Crippen LogP contribution in [0.25, 0.3) is 0 Å². The van der Waals surface area contributed by atoms with Crippen LogP contribution in [0, 0.1) is 5.41 Å². The van der Waals surface area contributed by atoms with Crippen LogP contribution >= 0.6 is 0 Å². The van der Waals surface area contributed by atoms with Gasteiger partial charge in [-0.15, -0.1) is 0 Å². The molecule has 0 aromatic heterocycles. The summed E-state index contributed by atoms with van der Waals surface area (Å²) in [6.07, 6.45) is 6.56. The molecule has 1 spiro atoms. The van der Waals surface area contributed by atoms with E-state index < -0.39 is 0 Å². The van der Waals surface area contributed by atoms with Crippen LogP contribution in [0.2, 0.25) is 0 Å². The molecule has 0 radical (unpaired) electrons. The molecule has 5 heteroatoms. The topological polar surface area (TPSA) is 52.7 Å². The first-order valence-electron chi connectivity index (χ1n) is 10.9. The van der Waals surface area contributed by atoms with E-state index in [2.05, 4.69) is 40.5 Å². The smallest absolute Gasteiger partial charge is 0.224 e. The van der Waals surface area contributed by atoms with Gasteiger partial charge in [-0.1, -0.05) is 30.3 Å². The molecule has 4 rings (SSSR count). The lowest BCUT2D eigenvalue weighted by Crippen LogP contribution is -2.53. The predicted octanol–water partition coefficient (Wildman–Crippen LogP) is 2.77. The van der Waals surface area contributed by atoms with E-state index in [0.717, 1.165) is 32.0 Å². The normalized spacial score (nSPS) is 24.9. The van der Waals surface area contributed by atoms with E-state index >= 15 is 0 Å². The molecule has 1 atom stereocenters. The molecule has 152 valence electrons. The van der Waals surface area contributed by atoms with Gasteiger partial charge in [0.2, 0.25) is 11.8 Å². The highest BCUT2D eigenvalue weighted by molar-refractivity contribution is 5.78. The molecule has 3 fully saturated rings. The fourth-order valence-electron chi connectivity index (χ4n) is 5.19. The highest BCUT2D eigenvalue weighted by Crippen LogP contribution is 2.47. The zero-order valence-electron chi connectivity index (χ0n) is 17.0. The van der Waals surface area contributed by atoms with Crippen molar-refractivity contribution in [3.8, 4) is 0 Å². The number of nitrogens with zero attached hydrogens (tertiary/aromatic N) is 2. The molecule has 3 aliphatic rings. The quantitative estimate of drug-likeness (QED) is 0.851. The maximum atomic E-state index is 12.5. The van der Waals surface area contributed by atoms with Gasteiger partial charge in [-0.05, 0) is 49.0 Å². The molecule has 1 N–H and O–H groups in total. The number of nitrogens with one attached hydrogen (secondary N) is 1. The molecule has 5 nitrogen and oxygen atoms in total. The Morgan fingerprint density at radius 2 is 1.86 bits per heavy atom. The molecular formula is C23H33N3O2. The van der Waals surface area contributed by atoms with E-state index in [1.165, 1.54) is 44.8 Å². The van der Waals surface area contributed by atoms with Gasteiger partial charge >= 0.3 is 0 Å². The zero-order valence-corrected chi connectivity index (χ0v) is 17.0. The lowest BCUT2D eigenvalue weighted by Gasteiger charge is -2.50. The Labute approximate surface area is 168 Å². The van der Waals surface area contributed by atoms with Crippen LogP contribution in [0.15, 0.2) is 30.3 Å². The highest BCUT2D eigenvalue weighted by atomic mass is 16.2. The van der Waals surface area contributed by atoms with Crippen LogP contribution in [0.3, 0.4) is 0 Å². The molecule has 28 heavy (non-hydrogen) atoms. The fourth-order valence-corrected chi connectivity index (χ4v) is 5.19. The van der Waals surface area contributed by atoms with Crippen molar-refractivity contribution in [1.29, 1.82) is 0 Å². The predicted molar refractivity (Wildman–Crippen MR) is 110 cm³/mol. The number of carbonyl (C=O) groups excluding carboxylic acids is 2. The van der Waals surface area contributed by atoms with Gasteiger partial charge in [0.25, 0.3) is 0 Å². The van der Waals surface area contributed by atoms with Crippen LogP contribution in [0.5, 0.6) is 0 Å². The van der Waals surface area contributed by atoms with Gasteiger partial charge in [-0.3, -0.25) is 14.5 Å². The van der Waals surface area contributed by atoms with E-state index in [9.17, 15) is 9.59 Å². The standard InChI is InChI=1S/C23H33N3O2/c1-18(27)24-12-9-22(28)25-13-10-23(11-14-25)15-20(19-5-3-2-4-6-19)16-26(17-23)21-7-8-21/h2-6,20-21H,7-17H2,1H3,(H,24,27)/t20-/m1/s1. The largest absolute Gasteiger partial charge is 0.356 e. The van der Waals surface area contributed by atoms with E-state index in [1.807, 2.05) is 4.90 Å². The minimum Gasteiger partial charge on any atom is -0.356 e. The van der Waals surface area contributed by atoms with E-state index in [0.29, 0.717) is 24.3 Å². The second-order valence-corrected chi connectivity index (χ2v) is 9.09. The van der Waals surface area contributed by atoms with Crippen molar-refractivity contribution in [1.82, 2.24) is 15.1 Å². The van der Waals surface area contributed by atoms with Gasteiger partial charge in [0, 0.05) is 52.1 Å². The second kappa shape index (κ2) is 8.24. The Kier molecular flexibility index (Phi) is 5.72. The van der Waals surface area contributed by atoms with Crippen LogP contribution in [-0.2, 0) is 9.59 Å². The number of piperidine rings is 2. The third kappa shape index (κ3) is 4.57. The van der Waals surface area contributed by atoms with Gasteiger partial charge in [-0.2, -0.15) is 0 Å². The molecular weight excluding hydrogens is 350 g/mol. The third-order valence-corrected chi connectivity index (χ3v) is 6.90. The van der Waals surface area contributed by atoms with Gasteiger partial charge < -0.3 is 10.2 Å². The maximum Gasteiger partial charge on any atom is 0.224 e. The molecule has 2 heterocycles. The molecule has 2 saturated heterocycles. The molecule has 1 aliphatic carbocycles. The van der Waals surface area contributed by atoms with Gasteiger partial charge in [-0.25, -0.2) is 0 Å². The first kappa shape index (κ1) is 19.4. The van der Waals surface area contributed by atoms with E-state index in [4.69, 9.17) is 0 Å². The third-order valence-electron chi connectivity index (χ3n) is 6.90. The summed E-state index contributed by atoms with van der Waals surface area (Å²) in [7, 11) is 0. The minimum absolute atomic E-state index is 0.0697. The summed E-state index contributed by atoms with van der Waals surface area (Å²) in [5.74, 6) is 0.718. The Balaban J connectivity index is 1.38. The summed E-state index contributed by atoms with van der Waals surface area (Å²) in [5, 5.41) is 2.73. The number of hydrogen-bond acceptors (Lipinski definition) is 3. The van der Waals surface area contributed by atoms with Crippen molar-refractivity contribution in [2.45, 2.75) is 57.4 Å². The summed E-state index contributed by atoms with van der Waals surface area (Å²) in [6.45, 7) is 6.05. The average molecular weight is 384 g/mol. The summed E-state index contributed by atoms with van der Waals surface area (Å²) < 4.78 is 0. The number of rotatable bonds is 5. The Morgan fingerprint density at radius 3 is 2.50 bits per heavy atom. The van der Waals surface area contributed by atoms with Crippen molar-refractivity contribution < 1.29 is 9.59 Å². The molecule has 1 aromatic carbocycles. The lowest BCUT2D eigenvalue weighted by atomic mass is 9.68. The number of benzene rings is 1. The Hall–Kier alpha value is -1.88. The zero-order chi connectivity index (χ0) is 19.6. The van der Waals surface area contributed by atoms with Crippen molar-refractivity contribution >= 4 is 11.8 Å². The molecule has 2 aliphatic heterocycles. The maximum absolute atomic E-state index is 12.5. The van der Waals surface area contributed by atoms with E-state index in [1.54, 1.807) is 0 Å². The van der Waals surface area contributed by atoms with Crippen LogP contribution in [0.4, 0.5) is 0 Å². The van der Waals surface area contributed by atoms with E-state index in [-0.39, 0.29) is 11.8 Å². The molecule has 0 unspecified atom stereocenters. The number of amides is 2. The minimum atomic E-state index is -0.0697. The number of hydrogen-bond donors (Lipinski definition) is 1. The number of carbonyl (C=O) groups is 2. The first-order chi connectivity index (χ1) is 13.5. The Morgan fingerprint density at radius 1 is 1.14 bits per heavy atom. The molecule has 1 saturated carbocycles. The van der Waals surface area contributed by atoms with Crippen molar-refractivity contribution in [3.63, 3.8) is 0 Å². The van der Waals surface area contributed by atoms with Crippen molar-refractivity contribution in [3.05, 3.63) is 35.9 Å². The second-order valence-electron chi connectivity index (χ2n) is 9.09. The molecule has 0 bridgehead atoms. The molecule has 2 amide bonds.